The van der Waals surface area contributed by atoms with E-state index in [9.17, 15) is 17.3 Å². The third-order valence-electron chi connectivity index (χ3n) is 10.1. The van der Waals surface area contributed by atoms with Gasteiger partial charge in [0.2, 0.25) is 0 Å². The Morgan fingerprint density at radius 2 is 0.625 bits per heavy atom. The van der Waals surface area contributed by atoms with Gasteiger partial charge in [-0.25, -0.2) is 28.7 Å². The first-order chi connectivity index (χ1) is 48.5. The maximum absolute atomic E-state index is 9.75. The summed E-state index contributed by atoms with van der Waals surface area (Å²) in [6, 6.07) is 39.5. The molecule has 0 saturated heterocycles. The quantitative estimate of drug-likeness (QED) is 0.0590. The van der Waals surface area contributed by atoms with Gasteiger partial charge in [-0.2, -0.15) is 67.8 Å². The van der Waals surface area contributed by atoms with Crippen molar-refractivity contribution < 1.29 is 67.3 Å². The maximum atomic E-state index is 9.75. The Morgan fingerprint density at radius 3 is 0.827 bits per heavy atom. The average Bonchev–Trinajstić information content (AvgIpc) is 1.45. The summed E-state index contributed by atoms with van der Waals surface area (Å²) < 4.78 is 51.5. The van der Waals surface area contributed by atoms with Gasteiger partial charge in [-0.3, -0.25) is 0 Å². The average molecular weight is 1800 g/mol. The molecule has 19 nitrogen and oxygen atoms in total. The van der Waals surface area contributed by atoms with Crippen LogP contribution in [0.5, 0.6) is 0 Å². The minimum absolute atomic E-state index is 0. The molecule has 0 amide bonds. The Balaban J connectivity index is 0.000000654. The SMILES string of the molecule is C1=CSC(=C2SC=C(/C=C/c3cc(-n4cccn4)nc(-n4cccn4)c3)S2)S1.C1=CSC(=C2SC=C(/C=C/c3cc(-n4cccn4)nc(-n4cccn4)c3)S2)S1.F[B-](F)(F)F.N#C/C([S-])=C(/[S-])C#N.N#C/C([S-])=C(/[S-])C#N.N#C/C([S-])=C(/[S-])C#N.N#C/C([S-])=C(/[S-])C#N.N#Cc1ccccc1.[Fe+3].[Ni+3].[Ni+3]. The summed E-state index contributed by atoms with van der Waals surface area (Å²) in [4.78, 5) is 11.0. The van der Waals surface area contributed by atoms with Crippen molar-refractivity contribution in [1.29, 1.82) is 47.4 Å². The van der Waals surface area contributed by atoms with Gasteiger partial charge in [0.25, 0.3) is 0 Å². The fraction of sp³-hybridized carbons (Fsp3) is 0. The van der Waals surface area contributed by atoms with Crippen molar-refractivity contribution in [3.05, 3.63) is 256 Å². The number of benzene rings is 1. The van der Waals surface area contributed by atoms with Crippen LogP contribution in [-0.4, -0.2) is 56.3 Å². The Hall–Kier alpha value is -7.50. The molecule has 1 aromatic carbocycles. The van der Waals surface area contributed by atoms with Gasteiger partial charge in [0, 0.05) is 59.4 Å². The Morgan fingerprint density at radius 1 is 0.375 bits per heavy atom. The molecule has 0 aliphatic carbocycles. The molecule has 6 aromatic heterocycles. The first kappa shape index (κ1) is 94.5. The number of hydrogen-bond acceptors (Lipinski definition) is 31. The van der Waals surface area contributed by atoms with Gasteiger partial charge in [-0.15, -0.1) is 39.2 Å². The fourth-order valence-electron chi connectivity index (χ4n) is 6.06. The van der Waals surface area contributed by atoms with E-state index >= 15 is 0 Å². The molecule has 0 unspecified atom stereocenters. The van der Waals surface area contributed by atoms with Crippen molar-refractivity contribution in [3.8, 4) is 77.9 Å². The van der Waals surface area contributed by atoms with Gasteiger partial charge in [-0.05, 0) is 116 Å². The maximum Gasteiger partial charge on any atom is 3.00 e. The van der Waals surface area contributed by atoms with Crippen LogP contribution in [0, 0.1) is 102 Å². The first-order valence-electron chi connectivity index (χ1n) is 26.3. The molecule has 4 aliphatic heterocycles. The molecule has 104 heavy (non-hydrogen) atoms. The second kappa shape index (κ2) is 52.5. The summed E-state index contributed by atoms with van der Waals surface area (Å²) >= 11 is 49.2. The second-order valence-electron chi connectivity index (χ2n) is 16.8. The van der Waals surface area contributed by atoms with E-state index in [4.69, 9.17) is 47.4 Å². The third kappa shape index (κ3) is 35.5. The number of allylic oxidation sites excluding steroid dienone is 10. The summed E-state index contributed by atoms with van der Waals surface area (Å²) in [6.45, 7) is 0. The zero-order chi connectivity index (χ0) is 74.1. The Labute approximate surface area is 703 Å². The monoisotopic (exact) mass is 1800 g/mol. The van der Waals surface area contributed by atoms with Crippen LogP contribution in [0.15, 0.2) is 239 Å². The van der Waals surface area contributed by atoms with Gasteiger partial charge in [0.1, 0.15) is 0 Å². The van der Waals surface area contributed by atoms with E-state index in [2.05, 4.69) is 188 Å². The number of thioether (sulfide) groups is 8. The number of nitriles is 9. The number of nitrogens with zero attached hydrogens (tertiary/aromatic N) is 19. The van der Waals surface area contributed by atoms with E-state index < -0.39 is 7.25 Å². The molecule has 11 rings (SSSR count). The molecular formula is C61H31BF4FeN19Ni2S16. The number of hydrogen-bond donors (Lipinski definition) is 0. The number of pyridine rings is 2. The summed E-state index contributed by atoms with van der Waals surface area (Å²) in [5.74, 6) is 3.03. The van der Waals surface area contributed by atoms with Crippen molar-refractivity contribution in [1.82, 2.24) is 49.1 Å². The van der Waals surface area contributed by atoms with Crippen molar-refractivity contribution in [2.75, 3.05) is 0 Å². The predicted octanol–water partition coefficient (Wildman–Crippen LogP) is 15.9. The molecule has 0 bridgehead atoms. The van der Waals surface area contributed by atoms with Crippen molar-refractivity contribution in [2.45, 2.75) is 0 Å². The Bertz CT molecular complexity index is 4250. The minimum Gasteiger partial charge on any atom is -0.770 e. The summed E-state index contributed by atoms with van der Waals surface area (Å²) in [6.07, 6.45) is 23.1. The number of aromatic nitrogens is 10. The molecule has 10 heterocycles. The Kier molecular flexibility index (Phi) is 47.7. The van der Waals surface area contributed by atoms with E-state index in [0.29, 0.717) is 5.56 Å². The molecule has 43 heteroatoms. The van der Waals surface area contributed by atoms with Crippen LogP contribution in [0.2, 0.25) is 0 Å². The molecular weight excluding hydrogens is 1770 g/mol. The van der Waals surface area contributed by atoms with Crippen LogP contribution in [0.4, 0.5) is 17.3 Å². The van der Waals surface area contributed by atoms with Crippen LogP contribution >= 0.6 is 94.1 Å². The van der Waals surface area contributed by atoms with Gasteiger partial charge < -0.3 is 118 Å². The predicted molar refractivity (Wildman–Crippen MR) is 418 cm³/mol. The van der Waals surface area contributed by atoms with E-state index in [1.54, 1.807) is 175 Å². The third-order valence-corrected chi connectivity index (χ3v) is 23.0. The van der Waals surface area contributed by atoms with Crippen molar-refractivity contribution in [2.24, 2.45) is 0 Å². The molecule has 3 radical (unpaired) electrons. The van der Waals surface area contributed by atoms with Crippen LogP contribution < -0.4 is 0 Å². The van der Waals surface area contributed by atoms with E-state index in [1.165, 1.54) is 26.8 Å². The standard InChI is InChI=1S/2C19H13N5S4.C7H5N.4C4H2N2S2.BF4.Fe.2Ni/c2*1-5-20-23(7-1)16-11-14(12-17(22-16)24-8-2-6-21-24)3-4-15-13-27-19(28-15)18-25-9-10-26-18;8-6-7-4-2-1-3-5-7;4*5-1-3(7)4(8)2-6;2-1(3,4)5;;;/h2*1-13H;1-5H;4*7-8H;;;;/q;;;;;;;-1;3*+3/p-8/b2*4-3+;;4*4-3-;;;;. The zero-order valence-electron chi connectivity index (χ0n) is 51.0. The molecule has 0 atom stereocenters. The fourth-order valence-corrected chi connectivity index (χ4v) is 15.1. The number of rotatable bonds is 8. The number of halogens is 4. The summed E-state index contributed by atoms with van der Waals surface area (Å²) in [7, 11) is -6.00. The zero-order valence-corrected chi connectivity index (χ0v) is 67.1. The van der Waals surface area contributed by atoms with Gasteiger partial charge in [-0.1, -0.05) is 124 Å². The molecule has 4 aliphatic rings. The molecule has 0 N–H and O–H groups in total. The smallest absolute Gasteiger partial charge is 0.770 e. The van der Waals surface area contributed by atoms with E-state index in [-0.39, 0.29) is 89.3 Å². The van der Waals surface area contributed by atoms with Crippen molar-refractivity contribution >= 4 is 215 Å². The van der Waals surface area contributed by atoms with Crippen LogP contribution in [0.1, 0.15) is 16.7 Å². The van der Waals surface area contributed by atoms with Crippen molar-refractivity contribution in [3.63, 3.8) is 0 Å². The molecule has 7 aromatic rings. The van der Waals surface area contributed by atoms with Gasteiger partial charge in [0.05, 0.1) is 77.1 Å². The summed E-state index contributed by atoms with van der Waals surface area (Å²) in [5.41, 5.74) is 2.81. The second-order valence-corrected chi connectivity index (χ2v) is 28.7. The molecule has 0 fully saturated rings. The van der Waals surface area contributed by atoms with Crippen LogP contribution in [0.3, 0.4) is 0 Å². The first-order valence-corrected chi connectivity index (χ1v) is 36.5. The molecule has 0 spiro atoms. The molecule has 0 saturated carbocycles. The van der Waals surface area contributed by atoms with Gasteiger partial charge in [0.15, 0.2) is 23.3 Å². The van der Waals surface area contributed by atoms with Gasteiger partial charge >= 0.3 is 57.3 Å². The largest absolute Gasteiger partial charge is 3.00 e. The van der Waals surface area contributed by atoms with E-state index in [1.807, 2.05) is 121 Å². The summed E-state index contributed by atoms with van der Waals surface area (Å²) in [5, 5.41) is 102. The topological polar surface area (TPSA) is 311 Å². The van der Waals surface area contributed by atoms with Crippen LogP contribution in [0.25, 0.3) is 35.4 Å². The molecule has 525 valence electrons. The normalized spacial score (nSPS) is 13.4. The van der Waals surface area contributed by atoms with Crippen LogP contribution in [-0.2, 0) is 151 Å². The van der Waals surface area contributed by atoms with E-state index in [0.717, 1.165) is 34.4 Å². The minimum atomic E-state index is -6.00.